The van der Waals surface area contributed by atoms with Crippen LogP contribution in [-0.2, 0) is 4.79 Å². The number of nitrogens with zero attached hydrogens (tertiary/aromatic N) is 1. The van der Waals surface area contributed by atoms with Crippen molar-refractivity contribution in [2.45, 2.75) is 26.7 Å². The first-order valence-corrected chi connectivity index (χ1v) is 8.08. The van der Waals surface area contributed by atoms with Crippen LogP contribution in [0.5, 0.6) is 0 Å². The van der Waals surface area contributed by atoms with Gasteiger partial charge in [0.15, 0.2) is 0 Å². The monoisotopic (exact) mass is 323 g/mol. The van der Waals surface area contributed by atoms with Crippen molar-refractivity contribution in [3.05, 3.63) is 53.6 Å². The van der Waals surface area contributed by atoms with Gasteiger partial charge in [0.05, 0.1) is 0 Å². The Bertz CT molecular complexity index is 748. The van der Waals surface area contributed by atoms with Crippen LogP contribution in [0.2, 0.25) is 0 Å². The number of benzene rings is 2. The average Bonchev–Trinajstić information content (AvgIpc) is 2.93. The minimum atomic E-state index is -0.287. The lowest BCUT2D eigenvalue weighted by atomic mass is 10.1. The lowest BCUT2D eigenvalue weighted by Gasteiger charge is -2.16. The van der Waals surface area contributed by atoms with E-state index < -0.39 is 0 Å². The number of aryl methyl sites for hydroxylation is 2. The molecule has 1 fully saturated rings. The highest BCUT2D eigenvalue weighted by Gasteiger charge is 2.21. The van der Waals surface area contributed by atoms with E-state index in [-0.39, 0.29) is 11.9 Å². The molecule has 1 aliphatic rings. The molecule has 3 amide bonds. The summed E-state index contributed by atoms with van der Waals surface area (Å²) in [6, 6.07) is 12.9. The van der Waals surface area contributed by atoms with Gasteiger partial charge in [-0.25, -0.2) is 4.79 Å². The molecule has 1 heterocycles. The Kier molecular flexibility index (Phi) is 4.51. The number of urea groups is 1. The summed E-state index contributed by atoms with van der Waals surface area (Å²) in [6.45, 7) is 4.75. The molecule has 0 aliphatic carbocycles. The van der Waals surface area contributed by atoms with Crippen LogP contribution < -0.4 is 15.5 Å². The number of carbonyl (C=O) groups is 2. The van der Waals surface area contributed by atoms with E-state index in [1.165, 1.54) is 0 Å². The molecule has 0 unspecified atom stereocenters. The van der Waals surface area contributed by atoms with Crippen molar-refractivity contribution in [3.8, 4) is 0 Å². The molecule has 0 saturated carbocycles. The largest absolute Gasteiger partial charge is 0.323 e. The molecule has 5 nitrogen and oxygen atoms in total. The summed E-state index contributed by atoms with van der Waals surface area (Å²) in [7, 11) is 0. The fraction of sp³-hybridized carbons (Fsp3) is 0.263. The van der Waals surface area contributed by atoms with Gasteiger partial charge in [0.2, 0.25) is 5.91 Å². The van der Waals surface area contributed by atoms with E-state index in [9.17, 15) is 9.59 Å². The van der Waals surface area contributed by atoms with Gasteiger partial charge in [-0.1, -0.05) is 6.07 Å². The van der Waals surface area contributed by atoms with Crippen LogP contribution >= 0.6 is 0 Å². The summed E-state index contributed by atoms with van der Waals surface area (Å²) in [5.74, 6) is 0.156. The predicted octanol–water partition coefficient (Wildman–Crippen LogP) is 4.07. The SMILES string of the molecule is Cc1cc(C)cc(NC(=O)Nc2ccc(N3CCCC3=O)cc2)c1. The third kappa shape index (κ3) is 3.74. The summed E-state index contributed by atoms with van der Waals surface area (Å²) >= 11 is 0. The molecule has 0 bridgehead atoms. The van der Waals surface area contributed by atoms with Gasteiger partial charge in [0.1, 0.15) is 0 Å². The molecule has 24 heavy (non-hydrogen) atoms. The minimum absolute atomic E-state index is 0.156. The van der Waals surface area contributed by atoms with Crippen molar-refractivity contribution in [2.75, 3.05) is 22.1 Å². The Morgan fingerprint density at radius 1 is 0.958 bits per heavy atom. The van der Waals surface area contributed by atoms with Crippen LogP contribution in [0.4, 0.5) is 21.9 Å². The smallest absolute Gasteiger partial charge is 0.312 e. The van der Waals surface area contributed by atoms with Crippen molar-refractivity contribution in [1.29, 1.82) is 0 Å². The van der Waals surface area contributed by atoms with E-state index in [0.717, 1.165) is 35.5 Å². The van der Waals surface area contributed by atoms with Gasteiger partial charge in [0.25, 0.3) is 0 Å². The molecular weight excluding hydrogens is 302 g/mol. The number of hydrogen-bond acceptors (Lipinski definition) is 2. The molecule has 2 N–H and O–H groups in total. The van der Waals surface area contributed by atoms with Crippen molar-refractivity contribution in [2.24, 2.45) is 0 Å². The van der Waals surface area contributed by atoms with Gasteiger partial charge in [-0.2, -0.15) is 0 Å². The van der Waals surface area contributed by atoms with E-state index >= 15 is 0 Å². The lowest BCUT2D eigenvalue weighted by molar-refractivity contribution is -0.117. The second-order valence-corrected chi connectivity index (χ2v) is 6.15. The van der Waals surface area contributed by atoms with Crippen LogP contribution in [0.15, 0.2) is 42.5 Å². The van der Waals surface area contributed by atoms with Crippen molar-refractivity contribution < 1.29 is 9.59 Å². The topological polar surface area (TPSA) is 61.4 Å². The highest BCUT2D eigenvalue weighted by Crippen LogP contribution is 2.23. The van der Waals surface area contributed by atoms with Gasteiger partial charge >= 0.3 is 6.03 Å². The summed E-state index contributed by atoms with van der Waals surface area (Å²) in [6.07, 6.45) is 1.51. The summed E-state index contributed by atoms with van der Waals surface area (Å²) in [5.41, 5.74) is 4.53. The molecule has 0 radical (unpaired) electrons. The molecule has 1 aliphatic heterocycles. The Hall–Kier alpha value is -2.82. The molecular formula is C19H21N3O2. The fourth-order valence-electron chi connectivity index (χ4n) is 2.99. The van der Waals surface area contributed by atoms with Gasteiger partial charge in [-0.15, -0.1) is 0 Å². The number of hydrogen-bond donors (Lipinski definition) is 2. The first kappa shape index (κ1) is 16.1. The number of amides is 3. The van der Waals surface area contributed by atoms with E-state index in [1.54, 1.807) is 4.90 Å². The molecule has 2 aromatic carbocycles. The Labute approximate surface area is 141 Å². The maximum atomic E-state index is 12.1. The number of rotatable bonds is 3. The first-order valence-electron chi connectivity index (χ1n) is 8.08. The zero-order chi connectivity index (χ0) is 17.1. The standard InChI is InChI=1S/C19H21N3O2/c1-13-10-14(2)12-16(11-13)21-19(24)20-15-5-7-17(8-6-15)22-9-3-4-18(22)23/h5-8,10-12H,3-4,9H2,1-2H3,(H2,20,21,24). The minimum Gasteiger partial charge on any atom is -0.312 e. The van der Waals surface area contributed by atoms with Crippen LogP contribution in [-0.4, -0.2) is 18.5 Å². The highest BCUT2D eigenvalue weighted by molar-refractivity contribution is 6.00. The van der Waals surface area contributed by atoms with Crippen LogP contribution in [0, 0.1) is 13.8 Å². The molecule has 0 atom stereocenters. The zero-order valence-electron chi connectivity index (χ0n) is 13.9. The van der Waals surface area contributed by atoms with Crippen molar-refractivity contribution in [3.63, 3.8) is 0 Å². The predicted molar refractivity (Wildman–Crippen MR) is 96.6 cm³/mol. The Morgan fingerprint density at radius 3 is 2.17 bits per heavy atom. The van der Waals surface area contributed by atoms with Gasteiger partial charge in [-0.05, 0) is 67.8 Å². The van der Waals surface area contributed by atoms with Crippen LogP contribution in [0.3, 0.4) is 0 Å². The maximum absolute atomic E-state index is 12.1. The van der Waals surface area contributed by atoms with Gasteiger partial charge < -0.3 is 15.5 Å². The number of carbonyl (C=O) groups excluding carboxylic acids is 2. The average molecular weight is 323 g/mol. The quantitative estimate of drug-likeness (QED) is 0.894. The molecule has 0 spiro atoms. The zero-order valence-corrected chi connectivity index (χ0v) is 13.9. The van der Waals surface area contributed by atoms with Crippen molar-refractivity contribution >= 4 is 29.0 Å². The Morgan fingerprint density at radius 2 is 1.58 bits per heavy atom. The van der Waals surface area contributed by atoms with Gasteiger partial charge in [0, 0.05) is 30.0 Å². The molecule has 2 aromatic rings. The summed E-state index contributed by atoms with van der Waals surface area (Å²) in [4.78, 5) is 25.6. The summed E-state index contributed by atoms with van der Waals surface area (Å²) < 4.78 is 0. The molecule has 3 rings (SSSR count). The van der Waals surface area contributed by atoms with Gasteiger partial charge in [-0.3, -0.25) is 4.79 Å². The van der Waals surface area contributed by atoms with E-state index in [0.29, 0.717) is 12.1 Å². The summed E-state index contributed by atoms with van der Waals surface area (Å²) in [5, 5.41) is 5.64. The third-order valence-corrected chi connectivity index (χ3v) is 3.99. The number of anilines is 3. The van der Waals surface area contributed by atoms with E-state index in [1.807, 2.05) is 50.2 Å². The Balaban J connectivity index is 1.63. The second kappa shape index (κ2) is 6.74. The van der Waals surface area contributed by atoms with E-state index in [4.69, 9.17) is 0 Å². The normalized spacial score (nSPS) is 13.9. The second-order valence-electron chi connectivity index (χ2n) is 6.15. The maximum Gasteiger partial charge on any atom is 0.323 e. The lowest BCUT2D eigenvalue weighted by Crippen LogP contribution is -2.23. The van der Waals surface area contributed by atoms with Crippen LogP contribution in [0.1, 0.15) is 24.0 Å². The van der Waals surface area contributed by atoms with Crippen molar-refractivity contribution in [1.82, 2.24) is 0 Å². The molecule has 124 valence electrons. The van der Waals surface area contributed by atoms with E-state index in [2.05, 4.69) is 16.7 Å². The fourth-order valence-corrected chi connectivity index (χ4v) is 2.99. The van der Waals surface area contributed by atoms with Crippen LogP contribution in [0.25, 0.3) is 0 Å². The molecule has 5 heteroatoms. The third-order valence-electron chi connectivity index (χ3n) is 3.99. The molecule has 1 saturated heterocycles. The number of nitrogens with one attached hydrogen (secondary N) is 2. The first-order chi connectivity index (χ1) is 11.5. The molecule has 0 aromatic heterocycles. The highest BCUT2D eigenvalue weighted by atomic mass is 16.2.